The normalized spacial score (nSPS) is 13.5. The van der Waals surface area contributed by atoms with Gasteiger partial charge in [0.05, 0.1) is 18.6 Å². The highest BCUT2D eigenvalue weighted by atomic mass is 35.5. The summed E-state index contributed by atoms with van der Waals surface area (Å²) >= 11 is 6.41. The van der Waals surface area contributed by atoms with Crippen LogP contribution in [0.3, 0.4) is 0 Å². The number of hydrogen-bond acceptors (Lipinski definition) is 5. The van der Waals surface area contributed by atoms with Gasteiger partial charge in [-0.2, -0.15) is 5.10 Å². The number of carbonyl (C=O) groups excluding carboxylic acids is 1. The molecule has 8 heteroatoms. The Morgan fingerprint density at radius 2 is 1.79 bits per heavy atom. The monoisotopic (exact) mass is 579 g/mol. The molecule has 1 amide bonds. The number of methoxy groups -OCH3 is 1. The highest BCUT2D eigenvalue weighted by molar-refractivity contribution is 6.32. The third-order valence-corrected chi connectivity index (χ3v) is 8.39. The van der Waals surface area contributed by atoms with E-state index in [1.165, 1.54) is 18.2 Å². The topological polar surface area (TPSA) is 73.1 Å². The Balaban J connectivity index is 1.23. The number of carbonyl (C=O) groups is 1. The molecule has 0 N–H and O–H groups in total. The van der Waals surface area contributed by atoms with Crippen molar-refractivity contribution in [3.05, 3.63) is 95.8 Å². The molecule has 1 saturated carbocycles. The number of aryl methyl sites for hydroxylation is 1. The van der Waals surface area contributed by atoms with E-state index >= 15 is 0 Å². The number of nitrogens with zero attached hydrogens (tertiary/aromatic N) is 5. The molecule has 2 aromatic heterocycles. The number of halogens is 1. The van der Waals surface area contributed by atoms with Gasteiger partial charge in [-0.25, -0.2) is 9.67 Å². The van der Waals surface area contributed by atoms with E-state index in [1.54, 1.807) is 19.5 Å². The Labute approximate surface area is 251 Å². The zero-order valence-corrected chi connectivity index (χ0v) is 24.5. The van der Waals surface area contributed by atoms with Gasteiger partial charge >= 0.3 is 0 Å². The number of amides is 1. The summed E-state index contributed by atoms with van der Waals surface area (Å²) in [6.45, 7) is 1.30. The lowest BCUT2D eigenvalue weighted by atomic mass is 10.0. The molecule has 3 aromatic carbocycles. The van der Waals surface area contributed by atoms with Crippen molar-refractivity contribution in [3.8, 4) is 28.5 Å². The van der Waals surface area contributed by atoms with Gasteiger partial charge in [-0.05, 0) is 65.9 Å². The molecule has 0 radical (unpaired) electrons. The van der Waals surface area contributed by atoms with Crippen LogP contribution in [0.2, 0.25) is 5.02 Å². The first-order valence-electron chi connectivity index (χ1n) is 14.6. The summed E-state index contributed by atoms with van der Waals surface area (Å²) in [6.07, 6.45) is 9.16. The second-order valence-electron chi connectivity index (χ2n) is 10.8. The summed E-state index contributed by atoms with van der Waals surface area (Å²) in [5, 5.41) is 7.70. The van der Waals surface area contributed by atoms with Crippen LogP contribution in [0, 0.1) is 0 Å². The molecular weight excluding hydrogens is 546 g/mol. The maximum atomic E-state index is 13.8. The molecule has 0 unspecified atom stereocenters. The molecule has 7 nitrogen and oxygen atoms in total. The number of aromatic nitrogens is 4. The molecule has 1 fully saturated rings. The zero-order chi connectivity index (χ0) is 28.9. The maximum Gasteiger partial charge on any atom is 0.227 e. The Morgan fingerprint density at radius 1 is 1.00 bits per heavy atom. The van der Waals surface area contributed by atoms with E-state index < -0.39 is 0 Å². The van der Waals surface area contributed by atoms with Crippen LogP contribution in [0.5, 0.6) is 5.75 Å². The second-order valence-corrected chi connectivity index (χ2v) is 11.2. The van der Waals surface area contributed by atoms with E-state index in [4.69, 9.17) is 26.4 Å². The predicted molar refractivity (Wildman–Crippen MR) is 166 cm³/mol. The lowest BCUT2D eigenvalue weighted by molar-refractivity contribution is -0.132. The molecule has 214 valence electrons. The molecule has 0 spiro atoms. The largest absolute Gasteiger partial charge is 0.495 e. The summed E-state index contributed by atoms with van der Waals surface area (Å²) < 4.78 is 7.25. The third kappa shape index (κ3) is 6.02. The fourth-order valence-electron chi connectivity index (χ4n) is 5.97. The summed E-state index contributed by atoms with van der Waals surface area (Å²) in [6, 6.07) is 24.2. The number of benzene rings is 3. The standard InChI is InChI=1S/C34H34ClN5O2/c1-42-31-15-14-27(22-30(31)35)33-37-34(25-16-18-36-19-17-25)40(38-33)21-7-20-39(28-11-3-4-12-28)32(41)23-26-10-6-9-24-8-2-5-13-29(24)26/h2,5-6,8-10,13-19,22,28H,3-4,7,11-12,20-21,23H2,1H3. The third-order valence-electron chi connectivity index (χ3n) is 8.10. The van der Waals surface area contributed by atoms with E-state index in [9.17, 15) is 4.79 Å². The van der Waals surface area contributed by atoms with E-state index in [2.05, 4.69) is 34.1 Å². The van der Waals surface area contributed by atoms with Crippen molar-refractivity contribution >= 4 is 28.3 Å². The van der Waals surface area contributed by atoms with Crippen LogP contribution in [-0.2, 0) is 17.8 Å². The van der Waals surface area contributed by atoms with Crippen molar-refractivity contribution in [2.75, 3.05) is 13.7 Å². The molecule has 0 aliphatic heterocycles. The zero-order valence-electron chi connectivity index (χ0n) is 23.7. The fourth-order valence-corrected chi connectivity index (χ4v) is 6.23. The second kappa shape index (κ2) is 12.7. The molecule has 2 heterocycles. The molecule has 1 aliphatic carbocycles. The molecule has 42 heavy (non-hydrogen) atoms. The number of rotatable bonds is 10. The van der Waals surface area contributed by atoms with Crippen molar-refractivity contribution in [2.45, 2.75) is 51.1 Å². The SMILES string of the molecule is COc1ccc(-c2nc(-c3ccncc3)n(CCCN(C(=O)Cc3cccc4ccccc34)C3CCCC3)n2)cc1Cl. The van der Waals surface area contributed by atoms with E-state index in [0.717, 1.165) is 47.2 Å². The molecule has 0 atom stereocenters. The van der Waals surface area contributed by atoms with Gasteiger partial charge in [0, 0.05) is 42.7 Å². The average Bonchev–Trinajstić information content (AvgIpc) is 3.71. The first-order chi connectivity index (χ1) is 20.6. The van der Waals surface area contributed by atoms with Crippen molar-refractivity contribution in [2.24, 2.45) is 0 Å². The highest BCUT2D eigenvalue weighted by Crippen LogP contribution is 2.31. The van der Waals surface area contributed by atoms with Crippen LogP contribution in [0.25, 0.3) is 33.5 Å². The predicted octanol–water partition coefficient (Wildman–Crippen LogP) is 7.23. The fraction of sp³-hybridized carbons (Fsp3) is 0.294. The number of fused-ring (bicyclic) bond motifs is 1. The van der Waals surface area contributed by atoms with Crippen molar-refractivity contribution in [1.29, 1.82) is 0 Å². The van der Waals surface area contributed by atoms with Crippen LogP contribution in [0.4, 0.5) is 0 Å². The van der Waals surface area contributed by atoms with Crippen molar-refractivity contribution < 1.29 is 9.53 Å². The average molecular weight is 580 g/mol. The van der Waals surface area contributed by atoms with E-state index in [-0.39, 0.29) is 5.91 Å². The smallest absolute Gasteiger partial charge is 0.227 e. The molecule has 0 saturated heterocycles. The van der Waals surface area contributed by atoms with Gasteiger partial charge in [0.25, 0.3) is 0 Å². The number of hydrogen-bond donors (Lipinski definition) is 0. The summed E-state index contributed by atoms with van der Waals surface area (Å²) in [4.78, 5) is 25.0. The van der Waals surface area contributed by atoms with Crippen LogP contribution >= 0.6 is 11.6 Å². The van der Waals surface area contributed by atoms with E-state index in [0.29, 0.717) is 42.1 Å². The minimum atomic E-state index is 0.194. The number of ether oxygens (including phenoxy) is 1. The molecule has 0 bridgehead atoms. The quantitative estimate of drug-likeness (QED) is 0.174. The minimum Gasteiger partial charge on any atom is -0.495 e. The van der Waals surface area contributed by atoms with Gasteiger partial charge in [0.15, 0.2) is 11.6 Å². The van der Waals surface area contributed by atoms with Crippen LogP contribution in [-0.4, -0.2) is 50.3 Å². The van der Waals surface area contributed by atoms with Gasteiger partial charge in [0.1, 0.15) is 5.75 Å². The molecule has 1 aliphatic rings. The van der Waals surface area contributed by atoms with Crippen LogP contribution in [0.1, 0.15) is 37.7 Å². The molecule has 6 rings (SSSR count). The Bertz CT molecular complexity index is 1680. The Hall–Kier alpha value is -4.23. The van der Waals surface area contributed by atoms with Gasteiger partial charge in [0.2, 0.25) is 5.91 Å². The van der Waals surface area contributed by atoms with Gasteiger partial charge in [-0.15, -0.1) is 0 Å². The van der Waals surface area contributed by atoms with Crippen LogP contribution in [0.15, 0.2) is 85.2 Å². The van der Waals surface area contributed by atoms with Crippen molar-refractivity contribution in [1.82, 2.24) is 24.6 Å². The van der Waals surface area contributed by atoms with Gasteiger partial charge < -0.3 is 9.64 Å². The lowest BCUT2D eigenvalue weighted by Crippen LogP contribution is -2.40. The van der Waals surface area contributed by atoms with Crippen molar-refractivity contribution in [3.63, 3.8) is 0 Å². The minimum absolute atomic E-state index is 0.194. The lowest BCUT2D eigenvalue weighted by Gasteiger charge is -2.29. The summed E-state index contributed by atoms with van der Waals surface area (Å²) in [7, 11) is 1.59. The summed E-state index contributed by atoms with van der Waals surface area (Å²) in [5.74, 6) is 2.15. The highest BCUT2D eigenvalue weighted by Gasteiger charge is 2.27. The van der Waals surface area contributed by atoms with Gasteiger partial charge in [-0.1, -0.05) is 66.9 Å². The number of pyridine rings is 1. The first-order valence-corrected chi connectivity index (χ1v) is 14.9. The van der Waals surface area contributed by atoms with Crippen LogP contribution < -0.4 is 4.74 Å². The molecular formula is C34H34ClN5O2. The maximum absolute atomic E-state index is 13.8. The summed E-state index contributed by atoms with van der Waals surface area (Å²) in [5.41, 5.74) is 2.83. The first kappa shape index (κ1) is 27.9. The Kier molecular flexibility index (Phi) is 8.47. The Morgan fingerprint density at radius 3 is 2.57 bits per heavy atom. The van der Waals surface area contributed by atoms with Gasteiger partial charge in [-0.3, -0.25) is 9.78 Å². The van der Waals surface area contributed by atoms with E-state index in [1.807, 2.05) is 53.2 Å². The molecule has 5 aromatic rings.